The van der Waals surface area contributed by atoms with Crippen molar-refractivity contribution in [3.8, 4) is 0 Å². The second-order valence-electron chi connectivity index (χ2n) is 2.80. The maximum absolute atomic E-state index is 5.49. The van der Waals surface area contributed by atoms with Gasteiger partial charge in [-0.2, -0.15) is 0 Å². The quantitative estimate of drug-likeness (QED) is 0.679. The minimum atomic E-state index is 0.643. The summed E-state index contributed by atoms with van der Waals surface area (Å²) in [5, 5.41) is 0. The van der Waals surface area contributed by atoms with Gasteiger partial charge in [-0.1, -0.05) is 0 Å². The van der Waals surface area contributed by atoms with Crippen molar-refractivity contribution in [2.24, 2.45) is 11.5 Å². The van der Waals surface area contributed by atoms with E-state index in [0.717, 1.165) is 30.8 Å². The fourth-order valence-corrected chi connectivity index (χ4v) is 1.11. The van der Waals surface area contributed by atoms with Crippen molar-refractivity contribution in [2.45, 2.75) is 19.3 Å². The molecular weight excluding hydrogens is 152 g/mol. The van der Waals surface area contributed by atoms with E-state index < -0.39 is 0 Å². The zero-order chi connectivity index (χ0) is 8.81. The molecule has 1 heterocycles. The number of aryl methyl sites for hydroxylation is 1. The normalized spacial score (nSPS) is 10.5. The third-order valence-electron chi connectivity index (χ3n) is 1.74. The van der Waals surface area contributed by atoms with Crippen molar-refractivity contribution in [1.82, 2.24) is 0 Å². The summed E-state index contributed by atoms with van der Waals surface area (Å²) in [4.78, 5) is 0. The van der Waals surface area contributed by atoms with Crippen LogP contribution in [0, 0.1) is 0 Å². The predicted octanol–water partition coefficient (Wildman–Crippen LogP) is 0.672. The lowest BCUT2D eigenvalue weighted by Crippen LogP contribution is -2.01. The highest BCUT2D eigenvalue weighted by Crippen LogP contribution is 2.09. The molecule has 0 atom stereocenters. The number of rotatable bonds is 5. The molecule has 0 bridgehead atoms. The first-order valence-corrected chi connectivity index (χ1v) is 4.34. The van der Waals surface area contributed by atoms with Crippen LogP contribution in [0.4, 0.5) is 0 Å². The summed E-state index contributed by atoms with van der Waals surface area (Å²) < 4.78 is 5.49. The van der Waals surface area contributed by atoms with E-state index in [4.69, 9.17) is 15.9 Å². The Morgan fingerprint density at radius 3 is 2.25 bits per heavy atom. The van der Waals surface area contributed by atoms with E-state index in [9.17, 15) is 0 Å². The van der Waals surface area contributed by atoms with Crippen LogP contribution in [0.15, 0.2) is 16.5 Å². The molecule has 1 rings (SSSR count). The molecule has 0 aliphatic carbocycles. The summed E-state index contributed by atoms with van der Waals surface area (Å²) in [6.45, 7) is 1.36. The van der Waals surface area contributed by atoms with Crippen LogP contribution in [0.2, 0.25) is 0 Å². The first-order chi connectivity index (χ1) is 5.86. The van der Waals surface area contributed by atoms with Crippen LogP contribution in [-0.4, -0.2) is 13.1 Å². The number of furan rings is 1. The Kier molecular flexibility index (Phi) is 3.84. The van der Waals surface area contributed by atoms with Crippen molar-refractivity contribution >= 4 is 0 Å². The average Bonchev–Trinajstić information content (AvgIpc) is 2.50. The highest BCUT2D eigenvalue weighted by molar-refractivity contribution is 5.07. The lowest BCUT2D eigenvalue weighted by Gasteiger charge is -1.94. The molecule has 0 saturated carbocycles. The topological polar surface area (TPSA) is 65.2 Å². The zero-order valence-electron chi connectivity index (χ0n) is 7.25. The minimum absolute atomic E-state index is 0.643. The molecule has 4 N–H and O–H groups in total. The number of hydrogen-bond acceptors (Lipinski definition) is 3. The van der Waals surface area contributed by atoms with Gasteiger partial charge < -0.3 is 15.9 Å². The lowest BCUT2D eigenvalue weighted by molar-refractivity contribution is 0.461. The number of nitrogens with two attached hydrogens (primary N) is 2. The van der Waals surface area contributed by atoms with Gasteiger partial charge in [0.05, 0.1) is 0 Å². The van der Waals surface area contributed by atoms with Gasteiger partial charge in [-0.15, -0.1) is 0 Å². The van der Waals surface area contributed by atoms with E-state index in [1.165, 1.54) is 0 Å². The van der Waals surface area contributed by atoms with Gasteiger partial charge in [0.15, 0.2) is 0 Å². The van der Waals surface area contributed by atoms with Gasteiger partial charge >= 0.3 is 0 Å². The minimum Gasteiger partial charge on any atom is -0.466 e. The van der Waals surface area contributed by atoms with Crippen LogP contribution in [0.3, 0.4) is 0 Å². The maximum Gasteiger partial charge on any atom is 0.105 e. The Balaban J connectivity index is 2.41. The molecule has 3 nitrogen and oxygen atoms in total. The molecule has 0 spiro atoms. The van der Waals surface area contributed by atoms with Gasteiger partial charge in [0.1, 0.15) is 11.5 Å². The molecule has 0 aromatic carbocycles. The highest BCUT2D eigenvalue weighted by Gasteiger charge is 1.99. The molecule has 0 radical (unpaired) electrons. The first kappa shape index (κ1) is 9.29. The van der Waals surface area contributed by atoms with Crippen LogP contribution in [-0.2, 0) is 12.8 Å². The number of hydrogen-bond donors (Lipinski definition) is 2. The zero-order valence-corrected chi connectivity index (χ0v) is 7.25. The Morgan fingerprint density at radius 2 is 1.67 bits per heavy atom. The van der Waals surface area contributed by atoms with Crippen molar-refractivity contribution in [3.63, 3.8) is 0 Å². The van der Waals surface area contributed by atoms with E-state index in [1.54, 1.807) is 0 Å². The van der Waals surface area contributed by atoms with Crippen molar-refractivity contribution < 1.29 is 4.42 Å². The Bertz CT molecular complexity index is 220. The van der Waals surface area contributed by atoms with Gasteiger partial charge in [-0.05, 0) is 31.6 Å². The van der Waals surface area contributed by atoms with E-state index in [1.807, 2.05) is 12.1 Å². The van der Waals surface area contributed by atoms with E-state index in [-0.39, 0.29) is 0 Å². The largest absolute Gasteiger partial charge is 0.466 e. The summed E-state index contributed by atoms with van der Waals surface area (Å²) in [5.41, 5.74) is 10.8. The average molecular weight is 168 g/mol. The molecule has 3 heteroatoms. The third kappa shape index (κ3) is 2.68. The highest BCUT2D eigenvalue weighted by atomic mass is 16.3. The smallest absolute Gasteiger partial charge is 0.105 e. The van der Waals surface area contributed by atoms with Crippen molar-refractivity contribution in [3.05, 3.63) is 23.7 Å². The van der Waals surface area contributed by atoms with E-state index >= 15 is 0 Å². The van der Waals surface area contributed by atoms with Crippen LogP contribution in [0.5, 0.6) is 0 Å². The van der Waals surface area contributed by atoms with Crippen LogP contribution in [0.25, 0.3) is 0 Å². The molecule has 0 aliphatic rings. The molecule has 12 heavy (non-hydrogen) atoms. The summed E-state index contributed by atoms with van der Waals surface area (Å²) >= 11 is 0. The summed E-state index contributed by atoms with van der Waals surface area (Å²) in [6, 6.07) is 3.99. The Labute approximate surface area is 72.7 Å². The molecule has 0 unspecified atom stereocenters. The Morgan fingerprint density at radius 1 is 1.00 bits per heavy atom. The fourth-order valence-electron chi connectivity index (χ4n) is 1.11. The van der Waals surface area contributed by atoms with E-state index in [0.29, 0.717) is 13.1 Å². The first-order valence-electron chi connectivity index (χ1n) is 4.34. The van der Waals surface area contributed by atoms with Crippen molar-refractivity contribution in [2.75, 3.05) is 13.1 Å². The summed E-state index contributed by atoms with van der Waals surface area (Å²) in [6.07, 6.45) is 2.74. The molecule has 68 valence electrons. The Hall–Kier alpha value is -0.800. The molecule has 0 saturated heterocycles. The standard InChI is InChI=1S/C9H16N2O/c10-6-1-2-8-3-4-9(12-8)5-7-11/h3-4H,1-2,5-7,10-11H2. The molecule has 1 aromatic heterocycles. The summed E-state index contributed by atoms with van der Waals surface area (Å²) in [7, 11) is 0. The summed E-state index contributed by atoms with van der Waals surface area (Å²) in [5.74, 6) is 1.99. The second-order valence-corrected chi connectivity index (χ2v) is 2.80. The molecule has 1 aromatic rings. The monoisotopic (exact) mass is 168 g/mol. The lowest BCUT2D eigenvalue weighted by atomic mass is 10.2. The van der Waals surface area contributed by atoms with Gasteiger partial charge in [-0.25, -0.2) is 0 Å². The second kappa shape index (κ2) is 4.95. The molecular formula is C9H16N2O. The van der Waals surface area contributed by atoms with Crippen LogP contribution >= 0.6 is 0 Å². The SMILES string of the molecule is NCCCc1ccc(CCN)o1. The van der Waals surface area contributed by atoms with Crippen LogP contribution < -0.4 is 11.5 Å². The van der Waals surface area contributed by atoms with Gasteiger partial charge in [0, 0.05) is 12.8 Å². The fraction of sp³-hybridized carbons (Fsp3) is 0.556. The molecule has 0 amide bonds. The van der Waals surface area contributed by atoms with Crippen molar-refractivity contribution in [1.29, 1.82) is 0 Å². The van der Waals surface area contributed by atoms with E-state index in [2.05, 4.69) is 0 Å². The molecule has 0 fully saturated rings. The maximum atomic E-state index is 5.49. The van der Waals surface area contributed by atoms with Gasteiger partial charge in [-0.3, -0.25) is 0 Å². The van der Waals surface area contributed by atoms with Crippen LogP contribution in [0.1, 0.15) is 17.9 Å². The van der Waals surface area contributed by atoms with Gasteiger partial charge in [0.2, 0.25) is 0 Å². The molecule has 0 aliphatic heterocycles. The van der Waals surface area contributed by atoms with Gasteiger partial charge in [0.25, 0.3) is 0 Å². The third-order valence-corrected chi connectivity index (χ3v) is 1.74. The predicted molar refractivity (Wildman–Crippen MR) is 48.8 cm³/mol.